The number of H-pyrrole nitrogens is 2. The van der Waals surface area contributed by atoms with Crippen LogP contribution in [-0.4, -0.2) is 45.1 Å². The van der Waals surface area contributed by atoms with Gasteiger partial charge in [-0.15, -0.1) is 12.4 Å². The summed E-state index contributed by atoms with van der Waals surface area (Å²) in [5, 5.41) is 20.5. The maximum Gasteiger partial charge on any atom is 0.345 e. The molecule has 144 valence electrons. The second kappa shape index (κ2) is 7.85. The number of nitrogens with one attached hydrogen (secondary N) is 2. The van der Waals surface area contributed by atoms with Gasteiger partial charge in [0, 0.05) is 34.8 Å². The van der Waals surface area contributed by atoms with Crippen molar-refractivity contribution < 1.29 is 15.0 Å². The summed E-state index contributed by atoms with van der Waals surface area (Å²) in [6.45, 7) is 2.59. The van der Waals surface area contributed by atoms with Crippen molar-refractivity contribution in [2.24, 2.45) is 0 Å². The SMILES string of the molecule is CCc1c(-c2ccc3c(CN(C)C)c[nH]c3c2)[nH]c(=O)c(C(=O)O)c1O.Cl. The molecule has 0 spiro atoms. The molecule has 0 atom stereocenters. The van der Waals surface area contributed by atoms with Crippen LogP contribution in [-0.2, 0) is 13.0 Å². The fourth-order valence-electron chi connectivity index (χ4n) is 3.23. The van der Waals surface area contributed by atoms with Gasteiger partial charge in [0.15, 0.2) is 5.56 Å². The van der Waals surface area contributed by atoms with Gasteiger partial charge in [-0.2, -0.15) is 0 Å². The largest absolute Gasteiger partial charge is 0.506 e. The Hall–Kier alpha value is -2.77. The molecule has 0 saturated heterocycles. The second-order valence-corrected chi connectivity index (χ2v) is 6.50. The number of rotatable bonds is 5. The van der Waals surface area contributed by atoms with Crippen LogP contribution < -0.4 is 5.56 Å². The number of pyridine rings is 1. The van der Waals surface area contributed by atoms with E-state index >= 15 is 0 Å². The summed E-state index contributed by atoms with van der Waals surface area (Å²) in [5.74, 6) is -1.92. The fraction of sp³-hybridized carbons (Fsp3) is 0.263. The number of hydrogen-bond acceptors (Lipinski definition) is 4. The molecule has 7 nitrogen and oxygen atoms in total. The molecule has 0 bridgehead atoms. The zero-order chi connectivity index (χ0) is 19.0. The summed E-state index contributed by atoms with van der Waals surface area (Å²) in [7, 11) is 4.00. The van der Waals surface area contributed by atoms with Crippen molar-refractivity contribution in [3.63, 3.8) is 0 Å². The minimum atomic E-state index is -1.45. The first-order valence-corrected chi connectivity index (χ1v) is 8.30. The first kappa shape index (κ1) is 20.5. The molecular weight excluding hydrogens is 370 g/mol. The summed E-state index contributed by atoms with van der Waals surface area (Å²) in [5.41, 5.74) is 2.17. The number of benzene rings is 1. The summed E-state index contributed by atoms with van der Waals surface area (Å²) >= 11 is 0. The summed E-state index contributed by atoms with van der Waals surface area (Å²) in [4.78, 5) is 31.3. The Labute approximate surface area is 162 Å². The van der Waals surface area contributed by atoms with Gasteiger partial charge in [0.25, 0.3) is 5.56 Å². The van der Waals surface area contributed by atoms with Crippen LogP contribution >= 0.6 is 12.4 Å². The van der Waals surface area contributed by atoms with Crippen LogP contribution in [0.25, 0.3) is 22.2 Å². The molecule has 27 heavy (non-hydrogen) atoms. The molecule has 4 N–H and O–H groups in total. The van der Waals surface area contributed by atoms with Gasteiger partial charge in [-0.25, -0.2) is 4.79 Å². The van der Waals surface area contributed by atoms with E-state index in [1.165, 1.54) is 0 Å². The third-order valence-corrected chi connectivity index (χ3v) is 4.40. The predicted molar refractivity (Wildman–Crippen MR) is 107 cm³/mol. The van der Waals surface area contributed by atoms with Crippen molar-refractivity contribution in [2.75, 3.05) is 14.1 Å². The molecule has 0 unspecified atom stereocenters. The summed E-state index contributed by atoms with van der Waals surface area (Å²) in [6, 6.07) is 5.71. The highest BCUT2D eigenvalue weighted by Gasteiger charge is 2.22. The van der Waals surface area contributed by atoms with Crippen molar-refractivity contribution >= 4 is 29.3 Å². The van der Waals surface area contributed by atoms with E-state index in [0.717, 1.165) is 23.0 Å². The molecule has 2 aromatic heterocycles. The molecule has 0 saturated carbocycles. The van der Waals surface area contributed by atoms with Gasteiger partial charge in [-0.1, -0.05) is 19.1 Å². The highest BCUT2D eigenvalue weighted by molar-refractivity contribution is 5.93. The standard InChI is InChI=1S/C19H21N3O4.ClH/c1-4-12-16(21-18(24)15(17(12)23)19(25)26)10-5-6-13-11(9-22(2)3)8-20-14(13)7-10;/h5-8,20H,4,9H2,1-3H3,(H,25,26)(H2,21,23,24);1H. The van der Waals surface area contributed by atoms with Crippen LogP contribution in [0.4, 0.5) is 0 Å². The number of aromatic nitrogens is 2. The molecule has 0 fully saturated rings. The van der Waals surface area contributed by atoms with Crippen molar-refractivity contribution in [2.45, 2.75) is 19.9 Å². The quantitative estimate of drug-likeness (QED) is 0.534. The van der Waals surface area contributed by atoms with Gasteiger partial charge in [0.1, 0.15) is 5.75 Å². The minimum absolute atomic E-state index is 0. The smallest absolute Gasteiger partial charge is 0.345 e. The van der Waals surface area contributed by atoms with Crippen LogP contribution in [0, 0.1) is 0 Å². The van der Waals surface area contributed by atoms with E-state index in [2.05, 4.69) is 14.9 Å². The van der Waals surface area contributed by atoms with E-state index in [1.807, 2.05) is 38.5 Å². The van der Waals surface area contributed by atoms with Crippen molar-refractivity contribution in [3.8, 4) is 17.0 Å². The van der Waals surface area contributed by atoms with E-state index in [-0.39, 0.29) is 12.4 Å². The molecule has 0 aliphatic carbocycles. The van der Waals surface area contributed by atoms with Crippen LogP contribution in [0.2, 0.25) is 0 Å². The normalized spacial score (nSPS) is 11.0. The number of aromatic amines is 2. The summed E-state index contributed by atoms with van der Waals surface area (Å²) < 4.78 is 0. The van der Waals surface area contributed by atoms with E-state index < -0.39 is 22.8 Å². The number of hydrogen-bond donors (Lipinski definition) is 4. The average Bonchev–Trinajstić information content (AvgIpc) is 2.95. The lowest BCUT2D eigenvalue weighted by molar-refractivity contribution is 0.0691. The van der Waals surface area contributed by atoms with E-state index in [4.69, 9.17) is 5.11 Å². The first-order chi connectivity index (χ1) is 12.3. The van der Waals surface area contributed by atoms with Crippen LogP contribution in [0.5, 0.6) is 5.75 Å². The highest BCUT2D eigenvalue weighted by atomic mass is 35.5. The number of aromatic carboxylic acids is 1. The third kappa shape index (κ3) is 3.70. The summed E-state index contributed by atoms with van der Waals surface area (Å²) in [6.07, 6.45) is 2.33. The molecule has 1 aromatic carbocycles. The topological polar surface area (TPSA) is 109 Å². The van der Waals surface area contributed by atoms with Gasteiger partial charge in [0.05, 0.1) is 5.69 Å². The maximum atomic E-state index is 12.1. The Balaban J connectivity index is 0.00000261. The zero-order valence-electron chi connectivity index (χ0n) is 15.3. The fourth-order valence-corrected chi connectivity index (χ4v) is 3.23. The predicted octanol–water partition coefficient (Wildman–Crippen LogP) is 2.97. The Bertz CT molecular complexity index is 1050. The van der Waals surface area contributed by atoms with Gasteiger partial charge in [-0.05, 0) is 32.1 Å². The van der Waals surface area contributed by atoms with Crippen LogP contribution in [0.1, 0.15) is 28.4 Å². The average molecular weight is 392 g/mol. The second-order valence-electron chi connectivity index (χ2n) is 6.50. The molecule has 0 aliphatic heterocycles. The van der Waals surface area contributed by atoms with Crippen molar-refractivity contribution in [1.29, 1.82) is 0 Å². The number of carboxylic acids is 1. The monoisotopic (exact) mass is 391 g/mol. The van der Waals surface area contributed by atoms with Crippen molar-refractivity contribution in [1.82, 2.24) is 14.9 Å². The molecule has 2 heterocycles. The van der Waals surface area contributed by atoms with Gasteiger partial charge < -0.3 is 25.1 Å². The number of aromatic hydroxyl groups is 1. The molecule has 0 radical (unpaired) electrons. The molecule has 3 rings (SSSR count). The number of carboxylic acid groups (broad SMARTS) is 1. The lowest BCUT2D eigenvalue weighted by Gasteiger charge is -2.12. The Morgan fingerprint density at radius 3 is 2.56 bits per heavy atom. The van der Waals surface area contributed by atoms with Crippen LogP contribution in [0.15, 0.2) is 29.2 Å². The minimum Gasteiger partial charge on any atom is -0.506 e. The van der Waals surface area contributed by atoms with E-state index in [1.54, 1.807) is 6.92 Å². The van der Waals surface area contributed by atoms with E-state index in [9.17, 15) is 14.7 Å². The Morgan fingerprint density at radius 1 is 1.26 bits per heavy atom. The molecule has 0 aliphatic rings. The van der Waals surface area contributed by atoms with Crippen LogP contribution in [0.3, 0.4) is 0 Å². The third-order valence-electron chi connectivity index (χ3n) is 4.40. The lowest BCUT2D eigenvalue weighted by Crippen LogP contribution is -2.20. The Morgan fingerprint density at radius 2 is 1.96 bits per heavy atom. The van der Waals surface area contributed by atoms with E-state index in [0.29, 0.717) is 23.2 Å². The maximum absolute atomic E-state index is 12.1. The zero-order valence-corrected chi connectivity index (χ0v) is 16.1. The molecule has 8 heteroatoms. The van der Waals surface area contributed by atoms with Crippen molar-refractivity contribution in [3.05, 3.63) is 51.4 Å². The number of halogens is 1. The first-order valence-electron chi connectivity index (χ1n) is 8.30. The number of nitrogens with zero attached hydrogens (tertiary/aromatic N) is 1. The highest BCUT2D eigenvalue weighted by Crippen LogP contribution is 2.32. The van der Waals surface area contributed by atoms with Gasteiger partial charge in [-0.3, -0.25) is 4.79 Å². The number of fused-ring (bicyclic) bond motifs is 1. The number of carbonyl (C=O) groups is 1. The molecular formula is C19H22ClN3O4. The lowest BCUT2D eigenvalue weighted by atomic mass is 9.99. The molecule has 0 amide bonds. The van der Waals surface area contributed by atoms with Gasteiger partial charge >= 0.3 is 5.97 Å². The van der Waals surface area contributed by atoms with Gasteiger partial charge in [0.2, 0.25) is 0 Å². The molecule has 3 aromatic rings. The Kier molecular flexibility index (Phi) is 5.98.